The highest BCUT2D eigenvalue weighted by molar-refractivity contribution is 5.74. The van der Waals surface area contributed by atoms with Gasteiger partial charge in [0.1, 0.15) is 0 Å². The molecule has 2 bridgehead atoms. The molecular weight excluding hydrogens is 695 g/mol. The molecule has 1 heterocycles. The Morgan fingerprint density at radius 2 is 0.684 bits per heavy atom. The first kappa shape index (κ1) is 36.0. The van der Waals surface area contributed by atoms with Crippen molar-refractivity contribution in [1.82, 2.24) is 15.0 Å². The first-order chi connectivity index (χ1) is 27.8. The molecule has 4 atom stereocenters. The van der Waals surface area contributed by atoms with Gasteiger partial charge in [0.15, 0.2) is 17.5 Å². The van der Waals surface area contributed by atoms with E-state index in [9.17, 15) is 10.5 Å². The second kappa shape index (κ2) is 15.1. The Hall–Kier alpha value is -6.69. The summed E-state index contributed by atoms with van der Waals surface area (Å²) in [4.78, 5) is 15.1. The largest absolute Gasteiger partial charge is 0.208 e. The minimum atomic E-state index is 0.324. The van der Waals surface area contributed by atoms with Crippen molar-refractivity contribution in [1.29, 1.82) is 10.5 Å². The SMILES string of the molecule is C[C@@H]1C[C@@H]2C[C@H](C)CC(c3ccc(-c4ccc(-c5nc(-c6ccc(-c7ccc(C#N)cc7)cc6)nc(-c6ccc(-c7ccc(C#N)cc7)cc6)n5)cc4)cc3)(C1)C2. The topological polar surface area (TPSA) is 86.2 Å². The van der Waals surface area contributed by atoms with E-state index in [2.05, 4.69) is 98.8 Å². The van der Waals surface area contributed by atoms with Crippen LogP contribution in [0.4, 0.5) is 0 Å². The fourth-order valence-electron chi connectivity index (χ4n) is 9.75. The minimum absolute atomic E-state index is 0.324. The van der Waals surface area contributed by atoms with Crippen molar-refractivity contribution in [3.63, 3.8) is 0 Å². The molecule has 1 aromatic heterocycles. The Morgan fingerprint density at radius 3 is 1.00 bits per heavy atom. The third-order valence-electron chi connectivity index (χ3n) is 12.2. The van der Waals surface area contributed by atoms with Crippen molar-refractivity contribution in [2.24, 2.45) is 17.8 Å². The molecule has 0 aliphatic heterocycles. The zero-order valence-corrected chi connectivity index (χ0v) is 32.4. The van der Waals surface area contributed by atoms with E-state index in [1.807, 2.05) is 72.8 Å². The van der Waals surface area contributed by atoms with Crippen LogP contribution in [-0.2, 0) is 5.41 Å². The van der Waals surface area contributed by atoms with Gasteiger partial charge in [-0.15, -0.1) is 0 Å². The Kier molecular flexibility index (Phi) is 9.53. The zero-order valence-electron chi connectivity index (χ0n) is 32.4. The summed E-state index contributed by atoms with van der Waals surface area (Å²) in [6.45, 7) is 4.91. The summed E-state index contributed by atoms with van der Waals surface area (Å²) in [7, 11) is 0. The van der Waals surface area contributed by atoms with Crippen LogP contribution < -0.4 is 0 Å². The lowest BCUT2D eigenvalue weighted by molar-refractivity contribution is 0.0780. The molecule has 2 aliphatic carbocycles. The van der Waals surface area contributed by atoms with E-state index >= 15 is 0 Å². The summed E-state index contributed by atoms with van der Waals surface area (Å²) < 4.78 is 0. The van der Waals surface area contributed by atoms with Crippen LogP contribution in [0.15, 0.2) is 146 Å². The van der Waals surface area contributed by atoms with Gasteiger partial charge in [-0.1, -0.05) is 135 Å². The van der Waals surface area contributed by atoms with Gasteiger partial charge in [-0.05, 0) is 118 Å². The first-order valence-electron chi connectivity index (χ1n) is 20.0. The molecule has 2 saturated carbocycles. The Morgan fingerprint density at radius 1 is 0.404 bits per heavy atom. The van der Waals surface area contributed by atoms with Crippen molar-refractivity contribution in [3.05, 3.63) is 162 Å². The Bertz CT molecular complexity index is 2470. The zero-order chi connectivity index (χ0) is 38.9. The maximum Gasteiger partial charge on any atom is 0.164 e. The maximum atomic E-state index is 9.23. The molecular formula is C52H43N5. The smallest absolute Gasteiger partial charge is 0.164 e. The molecule has 0 saturated heterocycles. The minimum Gasteiger partial charge on any atom is -0.208 e. The molecule has 0 N–H and O–H groups in total. The average Bonchev–Trinajstić information content (AvgIpc) is 3.26. The molecule has 6 aromatic carbocycles. The average molecular weight is 738 g/mol. The lowest BCUT2D eigenvalue weighted by Gasteiger charge is -2.50. The summed E-state index contributed by atoms with van der Waals surface area (Å²) in [5, 5.41) is 18.5. The molecule has 2 fully saturated rings. The summed E-state index contributed by atoms with van der Waals surface area (Å²) in [6, 6.07) is 54.0. The van der Waals surface area contributed by atoms with Gasteiger partial charge < -0.3 is 0 Å². The Labute approximate surface area is 335 Å². The van der Waals surface area contributed by atoms with Crippen molar-refractivity contribution in [2.75, 3.05) is 0 Å². The molecule has 0 spiro atoms. The maximum absolute atomic E-state index is 9.23. The van der Waals surface area contributed by atoms with E-state index in [1.165, 1.54) is 48.8 Å². The third kappa shape index (κ3) is 7.38. The highest BCUT2D eigenvalue weighted by Gasteiger charge is 2.45. The third-order valence-corrected chi connectivity index (χ3v) is 12.2. The number of nitriles is 2. The van der Waals surface area contributed by atoms with Crippen molar-refractivity contribution in [2.45, 2.75) is 51.4 Å². The highest BCUT2D eigenvalue weighted by Crippen LogP contribution is 2.54. The number of nitrogens with zero attached hydrogens (tertiary/aromatic N) is 5. The van der Waals surface area contributed by atoms with Crippen molar-refractivity contribution in [3.8, 4) is 79.7 Å². The molecule has 0 radical (unpaired) electrons. The summed E-state index contributed by atoms with van der Waals surface area (Å²) in [6.07, 6.45) is 6.73. The van der Waals surface area contributed by atoms with E-state index in [-0.39, 0.29) is 0 Å². The standard InChI is InChI=1S/C52H43N5/c1-34-27-38-28-35(2)30-52(29-34,31-38)48-25-23-44(24-26-48)43-15-21-47(22-16-43)51-56-49(45-17-11-41(12-18-45)39-7-3-36(32-53)4-8-39)55-50(57-51)46-19-13-42(14-20-46)40-9-5-37(33-54)6-10-40/h3-26,34-35,38H,27-31H2,1-2H3/t34-,35+,38-,52?. The van der Waals surface area contributed by atoms with Crippen LogP contribution in [-0.4, -0.2) is 15.0 Å². The second-order valence-corrected chi connectivity index (χ2v) is 16.4. The number of aromatic nitrogens is 3. The molecule has 5 nitrogen and oxygen atoms in total. The fraction of sp³-hybridized carbons (Fsp3) is 0.212. The predicted octanol–water partition coefficient (Wildman–Crippen LogP) is 12.7. The van der Waals surface area contributed by atoms with E-state index in [0.717, 1.165) is 56.7 Å². The monoisotopic (exact) mass is 737 g/mol. The van der Waals surface area contributed by atoms with Gasteiger partial charge in [-0.3, -0.25) is 0 Å². The van der Waals surface area contributed by atoms with Crippen LogP contribution in [0.5, 0.6) is 0 Å². The number of fused-ring (bicyclic) bond motifs is 2. The van der Waals surface area contributed by atoms with E-state index in [4.69, 9.17) is 15.0 Å². The quantitative estimate of drug-likeness (QED) is 0.163. The molecule has 276 valence electrons. The highest BCUT2D eigenvalue weighted by atomic mass is 15.0. The number of hydrogen-bond donors (Lipinski definition) is 0. The summed E-state index contributed by atoms with van der Waals surface area (Å²) in [5.41, 5.74) is 12.4. The van der Waals surface area contributed by atoms with Crippen LogP contribution in [0, 0.1) is 40.4 Å². The normalized spacial score (nSPS) is 20.0. The lowest BCUT2D eigenvalue weighted by atomic mass is 9.54. The molecule has 9 rings (SSSR count). The molecule has 1 unspecified atom stereocenters. The van der Waals surface area contributed by atoms with Gasteiger partial charge in [0, 0.05) is 16.7 Å². The number of hydrogen-bond acceptors (Lipinski definition) is 5. The molecule has 5 heteroatoms. The number of rotatable bonds is 7. The van der Waals surface area contributed by atoms with Crippen LogP contribution >= 0.6 is 0 Å². The molecule has 2 aliphatic rings. The van der Waals surface area contributed by atoms with Gasteiger partial charge in [-0.2, -0.15) is 10.5 Å². The van der Waals surface area contributed by atoms with Crippen LogP contribution in [0.2, 0.25) is 0 Å². The molecule has 57 heavy (non-hydrogen) atoms. The van der Waals surface area contributed by atoms with Crippen LogP contribution in [0.25, 0.3) is 67.5 Å². The van der Waals surface area contributed by atoms with Gasteiger partial charge >= 0.3 is 0 Å². The van der Waals surface area contributed by atoms with Crippen molar-refractivity contribution < 1.29 is 0 Å². The van der Waals surface area contributed by atoms with Gasteiger partial charge in [-0.25, -0.2) is 15.0 Å². The predicted molar refractivity (Wildman–Crippen MR) is 228 cm³/mol. The van der Waals surface area contributed by atoms with Gasteiger partial charge in [0.2, 0.25) is 0 Å². The van der Waals surface area contributed by atoms with Crippen molar-refractivity contribution >= 4 is 0 Å². The first-order valence-corrected chi connectivity index (χ1v) is 20.0. The number of benzene rings is 6. The van der Waals surface area contributed by atoms with Crippen LogP contribution in [0.1, 0.15) is 62.6 Å². The lowest BCUT2D eigenvalue weighted by Crippen LogP contribution is -2.42. The molecule has 0 amide bonds. The summed E-state index contributed by atoms with van der Waals surface area (Å²) in [5.74, 6) is 4.24. The van der Waals surface area contributed by atoms with E-state index < -0.39 is 0 Å². The van der Waals surface area contributed by atoms with E-state index in [0.29, 0.717) is 34.0 Å². The summed E-state index contributed by atoms with van der Waals surface area (Å²) >= 11 is 0. The van der Waals surface area contributed by atoms with Gasteiger partial charge in [0.05, 0.1) is 23.3 Å². The van der Waals surface area contributed by atoms with E-state index in [1.54, 1.807) is 0 Å². The fourth-order valence-corrected chi connectivity index (χ4v) is 9.75. The molecule has 7 aromatic rings. The van der Waals surface area contributed by atoms with Crippen LogP contribution in [0.3, 0.4) is 0 Å². The Balaban J connectivity index is 1.03. The van der Waals surface area contributed by atoms with Gasteiger partial charge in [0.25, 0.3) is 0 Å². The second-order valence-electron chi connectivity index (χ2n) is 16.4.